The molecule has 1 aromatic heterocycles. The van der Waals surface area contributed by atoms with Gasteiger partial charge in [0.15, 0.2) is 0 Å². The molecule has 26 heavy (non-hydrogen) atoms. The Labute approximate surface area is 158 Å². The summed E-state index contributed by atoms with van der Waals surface area (Å²) in [5, 5.41) is 1.94. The van der Waals surface area contributed by atoms with E-state index < -0.39 is 0 Å². The molecule has 0 atom stereocenters. The van der Waals surface area contributed by atoms with Gasteiger partial charge in [-0.3, -0.25) is 24.2 Å². The highest BCUT2D eigenvalue weighted by Gasteiger charge is 2.23. The lowest BCUT2D eigenvalue weighted by Gasteiger charge is -2.34. The molecule has 140 valence electrons. The highest BCUT2D eigenvalue weighted by molar-refractivity contribution is 7.12. The van der Waals surface area contributed by atoms with Crippen molar-refractivity contribution in [1.82, 2.24) is 14.7 Å². The van der Waals surface area contributed by atoms with E-state index >= 15 is 0 Å². The first-order valence-corrected chi connectivity index (χ1v) is 10.1. The number of piperazine rings is 1. The number of imide groups is 1. The van der Waals surface area contributed by atoms with Crippen LogP contribution in [0.15, 0.2) is 29.7 Å². The van der Waals surface area contributed by atoms with Crippen LogP contribution in [0.25, 0.3) is 0 Å². The number of nitrogens with zero attached hydrogens (tertiary/aromatic N) is 3. The molecule has 1 aromatic rings. The molecule has 3 heterocycles. The van der Waals surface area contributed by atoms with Crippen LogP contribution in [0, 0.1) is 0 Å². The fraction of sp³-hybridized carbons (Fsp3) is 0.526. The molecule has 2 aliphatic rings. The zero-order chi connectivity index (χ0) is 18.4. The number of carbonyl (C=O) groups is 3. The molecule has 0 saturated carbocycles. The van der Waals surface area contributed by atoms with Gasteiger partial charge in [0.25, 0.3) is 17.7 Å². The van der Waals surface area contributed by atoms with Crippen LogP contribution in [0.1, 0.15) is 35.4 Å². The number of rotatable bonds is 8. The first-order valence-electron chi connectivity index (χ1n) is 9.24. The Balaban J connectivity index is 1.25. The van der Waals surface area contributed by atoms with E-state index in [0.29, 0.717) is 6.54 Å². The number of unbranched alkanes of at least 4 members (excludes halogenated alkanes) is 3. The van der Waals surface area contributed by atoms with Gasteiger partial charge in [0.1, 0.15) is 0 Å². The third-order valence-corrected chi connectivity index (χ3v) is 5.76. The van der Waals surface area contributed by atoms with Crippen molar-refractivity contribution >= 4 is 29.1 Å². The van der Waals surface area contributed by atoms with Crippen molar-refractivity contribution < 1.29 is 14.4 Å². The van der Waals surface area contributed by atoms with Gasteiger partial charge in [0.05, 0.1) is 4.88 Å². The normalized spacial score (nSPS) is 18.2. The predicted octanol–water partition coefficient (Wildman–Crippen LogP) is 1.99. The Bertz CT molecular complexity index is 646. The van der Waals surface area contributed by atoms with Gasteiger partial charge >= 0.3 is 0 Å². The van der Waals surface area contributed by atoms with Crippen molar-refractivity contribution in [3.8, 4) is 0 Å². The van der Waals surface area contributed by atoms with Crippen molar-refractivity contribution in [2.24, 2.45) is 0 Å². The van der Waals surface area contributed by atoms with E-state index in [-0.39, 0.29) is 17.7 Å². The van der Waals surface area contributed by atoms with Crippen LogP contribution in [0.2, 0.25) is 0 Å². The van der Waals surface area contributed by atoms with Gasteiger partial charge in [-0.2, -0.15) is 0 Å². The van der Waals surface area contributed by atoms with E-state index in [1.165, 1.54) is 28.4 Å². The minimum atomic E-state index is -0.190. The molecular formula is C19H25N3O3S. The third kappa shape index (κ3) is 4.80. The summed E-state index contributed by atoms with van der Waals surface area (Å²) in [6.07, 6.45) is 6.77. The van der Waals surface area contributed by atoms with E-state index in [1.807, 2.05) is 22.4 Å². The molecule has 0 unspecified atom stereocenters. The molecule has 0 N–H and O–H groups in total. The Morgan fingerprint density at radius 1 is 0.923 bits per heavy atom. The average molecular weight is 375 g/mol. The quantitative estimate of drug-likeness (QED) is 0.515. The summed E-state index contributed by atoms with van der Waals surface area (Å²) in [5.41, 5.74) is 0. The van der Waals surface area contributed by atoms with Gasteiger partial charge < -0.3 is 4.90 Å². The summed E-state index contributed by atoms with van der Waals surface area (Å²) < 4.78 is 0. The number of carbonyl (C=O) groups excluding carboxylic acids is 3. The Hall–Kier alpha value is -1.99. The lowest BCUT2D eigenvalue weighted by molar-refractivity contribution is -0.136. The van der Waals surface area contributed by atoms with E-state index in [1.54, 1.807) is 0 Å². The SMILES string of the molecule is O=C(c1cccs1)N1CCN(CCCCCCN2C(=O)C=CC2=O)CC1. The number of amides is 3. The number of hydrogen-bond acceptors (Lipinski definition) is 5. The van der Waals surface area contributed by atoms with Crippen LogP contribution in [0.3, 0.4) is 0 Å². The number of hydrogen-bond donors (Lipinski definition) is 0. The van der Waals surface area contributed by atoms with Gasteiger partial charge in [-0.05, 0) is 30.8 Å². The summed E-state index contributed by atoms with van der Waals surface area (Å²) in [7, 11) is 0. The maximum Gasteiger partial charge on any atom is 0.264 e. The van der Waals surface area contributed by atoms with Gasteiger partial charge in [0.2, 0.25) is 0 Å². The average Bonchev–Trinajstić information content (AvgIpc) is 3.29. The molecule has 2 aliphatic heterocycles. The maximum absolute atomic E-state index is 12.3. The minimum absolute atomic E-state index is 0.153. The standard InChI is InChI=1S/C19H25N3O3S/c23-17-7-8-18(24)22(17)10-4-2-1-3-9-20-11-13-21(14-12-20)19(25)16-6-5-15-26-16/h5-8,15H,1-4,9-14H2. The molecule has 3 amide bonds. The van der Waals surface area contributed by atoms with Crippen LogP contribution in [-0.2, 0) is 9.59 Å². The van der Waals surface area contributed by atoms with Crippen molar-refractivity contribution in [1.29, 1.82) is 0 Å². The van der Waals surface area contributed by atoms with E-state index in [4.69, 9.17) is 0 Å². The Morgan fingerprint density at radius 2 is 1.58 bits per heavy atom. The van der Waals surface area contributed by atoms with Crippen LogP contribution < -0.4 is 0 Å². The zero-order valence-electron chi connectivity index (χ0n) is 14.9. The van der Waals surface area contributed by atoms with Gasteiger partial charge in [-0.1, -0.05) is 18.9 Å². The summed E-state index contributed by atoms with van der Waals surface area (Å²) in [5.74, 6) is -0.227. The second-order valence-corrected chi connectivity index (χ2v) is 7.63. The molecule has 1 fully saturated rings. The van der Waals surface area contributed by atoms with Crippen molar-refractivity contribution in [2.45, 2.75) is 25.7 Å². The van der Waals surface area contributed by atoms with Crippen LogP contribution in [0.5, 0.6) is 0 Å². The fourth-order valence-corrected chi connectivity index (χ4v) is 4.03. The second-order valence-electron chi connectivity index (χ2n) is 6.69. The van der Waals surface area contributed by atoms with E-state index in [2.05, 4.69) is 4.90 Å². The smallest absolute Gasteiger partial charge is 0.264 e. The second kappa shape index (κ2) is 9.09. The molecule has 0 radical (unpaired) electrons. The monoisotopic (exact) mass is 375 g/mol. The minimum Gasteiger partial charge on any atom is -0.335 e. The van der Waals surface area contributed by atoms with Crippen molar-refractivity contribution in [3.05, 3.63) is 34.5 Å². The summed E-state index contributed by atoms with van der Waals surface area (Å²) in [6.45, 7) is 5.02. The molecule has 0 aliphatic carbocycles. The van der Waals surface area contributed by atoms with Gasteiger partial charge in [-0.25, -0.2) is 0 Å². The van der Waals surface area contributed by atoms with Gasteiger partial charge in [-0.15, -0.1) is 11.3 Å². The highest BCUT2D eigenvalue weighted by atomic mass is 32.1. The third-order valence-electron chi connectivity index (χ3n) is 4.90. The molecular weight excluding hydrogens is 350 g/mol. The Kier molecular flexibility index (Phi) is 6.57. The zero-order valence-corrected chi connectivity index (χ0v) is 15.7. The molecule has 3 rings (SSSR count). The van der Waals surface area contributed by atoms with E-state index in [9.17, 15) is 14.4 Å². The first-order chi connectivity index (χ1) is 12.6. The molecule has 7 heteroatoms. The number of thiophene rings is 1. The van der Waals surface area contributed by atoms with E-state index in [0.717, 1.165) is 63.3 Å². The predicted molar refractivity (Wildman–Crippen MR) is 101 cm³/mol. The molecule has 1 saturated heterocycles. The largest absolute Gasteiger partial charge is 0.335 e. The van der Waals surface area contributed by atoms with Crippen LogP contribution in [-0.4, -0.2) is 71.7 Å². The van der Waals surface area contributed by atoms with Crippen LogP contribution >= 0.6 is 11.3 Å². The molecule has 6 nitrogen and oxygen atoms in total. The first kappa shape index (κ1) is 18.8. The van der Waals surface area contributed by atoms with Crippen molar-refractivity contribution in [2.75, 3.05) is 39.3 Å². The van der Waals surface area contributed by atoms with Gasteiger partial charge in [0, 0.05) is 44.9 Å². The lowest BCUT2D eigenvalue weighted by atomic mass is 10.1. The lowest BCUT2D eigenvalue weighted by Crippen LogP contribution is -2.48. The summed E-state index contributed by atoms with van der Waals surface area (Å²) >= 11 is 1.50. The maximum atomic E-state index is 12.3. The molecule has 0 bridgehead atoms. The molecule has 0 spiro atoms. The fourth-order valence-electron chi connectivity index (χ4n) is 3.34. The highest BCUT2D eigenvalue weighted by Crippen LogP contribution is 2.14. The summed E-state index contributed by atoms with van der Waals surface area (Å²) in [4.78, 5) is 41.7. The summed E-state index contributed by atoms with van der Waals surface area (Å²) in [6, 6.07) is 3.80. The van der Waals surface area contributed by atoms with Crippen LogP contribution in [0.4, 0.5) is 0 Å². The topological polar surface area (TPSA) is 60.9 Å². The molecule has 0 aromatic carbocycles. The van der Waals surface area contributed by atoms with Crippen molar-refractivity contribution in [3.63, 3.8) is 0 Å². The Morgan fingerprint density at radius 3 is 2.19 bits per heavy atom.